The van der Waals surface area contributed by atoms with E-state index in [2.05, 4.69) is 0 Å². The largest absolute Gasteiger partial charge is 0.386 e. The first-order valence-electron chi connectivity index (χ1n) is 9.48. The summed E-state index contributed by atoms with van der Waals surface area (Å²) in [5.74, 6) is 0. The number of unbranched alkanes of at least 4 members (excludes halogenated alkanes) is 4. The zero-order valence-electron chi connectivity index (χ0n) is 15.9. The van der Waals surface area contributed by atoms with Crippen LogP contribution in [-0.2, 0) is 4.79 Å². The molecule has 0 bridgehead atoms. The summed E-state index contributed by atoms with van der Waals surface area (Å²) in [5, 5.41) is 42.2. The van der Waals surface area contributed by atoms with Gasteiger partial charge in [-0.3, -0.25) is 25.0 Å². The molecule has 0 rings (SSSR count). The van der Waals surface area contributed by atoms with Crippen LogP contribution in [0.25, 0.3) is 0 Å². The monoisotopic (exact) mass is 387 g/mol. The first-order chi connectivity index (χ1) is 12.8. The summed E-state index contributed by atoms with van der Waals surface area (Å²) in [6, 6.07) is -2.27. The van der Waals surface area contributed by atoms with Crippen molar-refractivity contribution in [3.8, 4) is 0 Å². The van der Waals surface area contributed by atoms with E-state index >= 15 is 0 Å². The van der Waals surface area contributed by atoms with Gasteiger partial charge in [0.1, 0.15) is 12.2 Å². The Morgan fingerprint density at radius 3 is 2.04 bits per heavy atom. The number of aliphatic hydroxyl groups excluding tert-OH is 2. The lowest BCUT2D eigenvalue weighted by molar-refractivity contribution is -0.535. The van der Waals surface area contributed by atoms with Gasteiger partial charge < -0.3 is 10.2 Å². The summed E-state index contributed by atoms with van der Waals surface area (Å²) >= 11 is 0. The summed E-state index contributed by atoms with van der Waals surface area (Å²) in [4.78, 5) is 31.3. The van der Waals surface area contributed by atoms with E-state index in [0.29, 0.717) is 19.3 Å². The zero-order chi connectivity index (χ0) is 20.7. The number of aliphatic hydroxyl groups is 2. The van der Waals surface area contributed by atoms with Crippen molar-refractivity contribution in [1.29, 1.82) is 0 Å². The second-order valence-electron chi connectivity index (χ2n) is 6.67. The Hall–Kier alpha value is -1.87. The molecule has 155 valence electrons. The lowest BCUT2D eigenvalue weighted by Gasteiger charge is -2.15. The molecule has 0 heterocycles. The van der Waals surface area contributed by atoms with Crippen LogP contribution in [0.2, 0.25) is 0 Å². The molecule has 0 aromatic rings. The molecule has 2 N–H and O–H groups in total. The Kier molecular flexibility index (Phi) is 14.2. The zero-order valence-corrected chi connectivity index (χ0v) is 15.9. The summed E-state index contributed by atoms with van der Waals surface area (Å²) in [6.07, 6.45) is 6.66. The van der Waals surface area contributed by atoms with Gasteiger partial charge in [0.05, 0.1) is 0 Å². The van der Waals surface area contributed by atoms with Crippen LogP contribution in [0, 0.1) is 20.2 Å². The van der Waals surface area contributed by atoms with Gasteiger partial charge in [0.2, 0.25) is 12.1 Å². The molecule has 0 fully saturated rings. The van der Waals surface area contributed by atoms with Gasteiger partial charge in [-0.2, -0.15) is 0 Å². The predicted molar refractivity (Wildman–Crippen MR) is 100 cm³/mol. The predicted octanol–water partition coefficient (Wildman–Crippen LogP) is 2.59. The molecule has 4 atom stereocenters. The van der Waals surface area contributed by atoms with Gasteiger partial charge in [-0.05, 0) is 25.7 Å². The lowest BCUT2D eigenvalue weighted by atomic mass is 9.99. The van der Waals surface area contributed by atoms with E-state index in [1.165, 1.54) is 12.2 Å². The number of carbonyl (C=O) groups excluding carboxylic acids is 1. The Morgan fingerprint density at radius 2 is 1.48 bits per heavy atom. The van der Waals surface area contributed by atoms with Crippen LogP contribution in [0.5, 0.6) is 0 Å². The summed E-state index contributed by atoms with van der Waals surface area (Å²) < 4.78 is 0. The van der Waals surface area contributed by atoms with E-state index in [1.54, 1.807) is 6.29 Å². The van der Waals surface area contributed by atoms with Gasteiger partial charge in [-0.25, -0.2) is 0 Å². The molecule has 4 unspecified atom stereocenters. The summed E-state index contributed by atoms with van der Waals surface area (Å²) in [6.45, 7) is 2.00. The molecule has 0 aliphatic carbocycles. The van der Waals surface area contributed by atoms with Gasteiger partial charge in [0, 0.05) is 29.1 Å². The number of hydrogen-bond acceptors (Lipinski definition) is 7. The minimum absolute atomic E-state index is 0.00180. The van der Waals surface area contributed by atoms with Crippen LogP contribution < -0.4 is 0 Å². The second-order valence-corrected chi connectivity index (χ2v) is 6.67. The topological polar surface area (TPSA) is 144 Å². The quantitative estimate of drug-likeness (QED) is 0.169. The van der Waals surface area contributed by atoms with Crippen LogP contribution >= 0.6 is 0 Å². The molecule has 0 aromatic carbocycles. The second kappa shape index (κ2) is 15.2. The smallest absolute Gasteiger partial charge is 0.241 e. The molecule has 0 aliphatic rings. The van der Waals surface area contributed by atoms with Crippen molar-refractivity contribution >= 4 is 6.29 Å². The van der Waals surface area contributed by atoms with Crippen molar-refractivity contribution in [2.45, 2.75) is 95.4 Å². The Morgan fingerprint density at radius 1 is 0.889 bits per heavy atom. The average Bonchev–Trinajstić information content (AvgIpc) is 2.60. The molecular formula is C18H31N2O7. The normalized spacial score (nSPS) is 16.0. The van der Waals surface area contributed by atoms with Gasteiger partial charge in [0.25, 0.3) is 0 Å². The van der Waals surface area contributed by atoms with Crippen molar-refractivity contribution in [2.24, 2.45) is 0 Å². The molecule has 0 saturated carbocycles. The number of nitro groups is 2. The maximum absolute atomic E-state index is 11.1. The van der Waals surface area contributed by atoms with E-state index in [-0.39, 0.29) is 25.7 Å². The van der Waals surface area contributed by atoms with Crippen molar-refractivity contribution < 1.29 is 24.9 Å². The molecule has 9 nitrogen and oxygen atoms in total. The number of nitrogens with zero attached hydrogens (tertiary/aromatic N) is 2. The van der Waals surface area contributed by atoms with Crippen molar-refractivity contribution in [1.82, 2.24) is 0 Å². The third-order valence-electron chi connectivity index (χ3n) is 4.48. The SMILES string of the molecule is CCCCCC(O)C(C/C=C/CC(O)C(CCCC[C]=O)[N+](=O)[O-])[N+](=O)[O-]. The van der Waals surface area contributed by atoms with Crippen LogP contribution in [0.1, 0.15) is 71.1 Å². The summed E-state index contributed by atoms with van der Waals surface area (Å²) in [5.41, 5.74) is 0. The van der Waals surface area contributed by atoms with Gasteiger partial charge in [-0.15, -0.1) is 0 Å². The molecule has 1 radical (unpaired) electrons. The standard InChI is InChI=1S/C18H31N2O7/c1-2-3-5-12-17(22)16(20(26)27)11-7-8-13-18(23)15(19(24)25)10-6-4-9-14-21/h7-8,15-18,22-23H,2-6,9-13H2,1H3/b8-7+. The van der Waals surface area contributed by atoms with E-state index in [9.17, 15) is 35.2 Å². The van der Waals surface area contributed by atoms with Crippen molar-refractivity contribution in [2.75, 3.05) is 0 Å². The molecule has 0 spiro atoms. The molecule has 27 heavy (non-hydrogen) atoms. The molecular weight excluding hydrogens is 356 g/mol. The number of rotatable bonds is 17. The van der Waals surface area contributed by atoms with Crippen LogP contribution in [0.15, 0.2) is 12.2 Å². The Balaban J connectivity index is 4.48. The maximum atomic E-state index is 11.1. The molecule has 0 amide bonds. The average molecular weight is 387 g/mol. The van der Waals surface area contributed by atoms with Crippen LogP contribution in [0.3, 0.4) is 0 Å². The lowest BCUT2D eigenvalue weighted by Crippen LogP contribution is -2.34. The van der Waals surface area contributed by atoms with Gasteiger partial charge >= 0.3 is 0 Å². The van der Waals surface area contributed by atoms with E-state index in [0.717, 1.165) is 19.3 Å². The molecule has 0 saturated heterocycles. The maximum Gasteiger partial charge on any atom is 0.241 e. The van der Waals surface area contributed by atoms with Gasteiger partial charge in [-0.1, -0.05) is 38.3 Å². The highest BCUT2D eigenvalue weighted by Gasteiger charge is 2.29. The minimum Gasteiger partial charge on any atom is -0.386 e. The van der Waals surface area contributed by atoms with Crippen molar-refractivity contribution in [3.63, 3.8) is 0 Å². The van der Waals surface area contributed by atoms with E-state index in [1.807, 2.05) is 6.92 Å². The highest BCUT2D eigenvalue weighted by Crippen LogP contribution is 2.15. The molecule has 9 heteroatoms. The van der Waals surface area contributed by atoms with Gasteiger partial charge in [0.15, 0.2) is 6.29 Å². The first kappa shape index (κ1) is 25.1. The van der Waals surface area contributed by atoms with Crippen LogP contribution in [-0.4, -0.2) is 50.6 Å². The fourth-order valence-corrected chi connectivity index (χ4v) is 2.80. The third kappa shape index (κ3) is 11.4. The highest BCUT2D eigenvalue weighted by molar-refractivity contribution is 5.50. The highest BCUT2D eigenvalue weighted by atomic mass is 16.6. The van der Waals surface area contributed by atoms with E-state index < -0.39 is 34.1 Å². The van der Waals surface area contributed by atoms with E-state index in [4.69, 9.17) is 0 Å². The van der Waals surface area contributed by atoms with Crippen molar-refractivity contribution in [3.05, 3.63) is 32.4 Å². The Bertz CT molecular complexity index is 471. The molecule has 0 aliphatic heterocycles. The number of hydrogen-bond donors (Lipinski definition) is 2. The summed E-state index contributed by atoms with van der Waals surface area (Å²) in [7, 11) is 0. The minimum atomic E-state index is -1.21. The fourth-order valence-electron chi connectivity index (χ4n) is 2.80. The Labute approximate surface area is 159 Å². The van der Waals surface area contributed by atoms with Crippen LogP contribution in [0.4, 0.5) is 0 Å². The fraction of sp³-hybridized carbons (Fsp3) is 0.833. The first-order valence-corrected chi connectivity index (χ1v) is 9.48. The third-order valence-corrected chi connectivity index (χ3v) is 4.48. The molecule has 0 aromatic heterocycles.